The van der Waals surface area contributed by atoms with Crippen LogP contribution >= 0.6 is 0 Å². The molecular weight excluding hydrogens is 225 g/mol. The number of H-pyrrole nitrogens is 1. The number of halogens is 3. The largest absolute Gasteiger partial charge is 0.433 e. The maximum atomic E-state index is 12.3. The van der Waals surface area contributed by atoms with Crippen LogP contribution in [0.4, 0.5) is 19.0 Å². The lowest BCUT2D eigenvalue weighted by Crippen LogP contribution is -2.14. The summed E-state index contributed by atoms with van der Waals surface area (Å²) in [6.07, 6.45) is -4.58. The number of nitrogens with zero attached hydrogens (tertiary/aromatic N) is 2. The fraction of sp³-hybridized carbons (Fsp3) is 0.125. The first-order valence-corrected chi connectivity index (χ1v) is 4.11. The number of nitrogens with two attached hydrogens (primary N) is 1. The van der Waals surface area contributed by atoms with Crippen molar-refractivity contribution >= 4 is 16.7 Å². The molecule has 0 fully saturated rings. The van der Waals surface area contributed by atoms with E-state index in [-0.39, 0.29) is 16.7 Å². The Morgan fingerprint density at radius 1 is 1.31 bits per heavy atom. The molecule has 3 N–H and O–H groups in total. The molecule has 8 heteroatoms. The van der Waals surface area contributed by atoms with Crippen molar-refractivity contribution in [3.05, 3.63) is 28.2 Å². The Morgan fingerprint density at radius 2 is 2.00 bits per heavy atom. The number of pyridine rings is 1. The molecule has 0 aliphatic carbocycles. The molecule has 0 bridgehead atoms. The molecule has 5 nitrogen and oxygen atoms in total. The summed E-state index contributed by atoms with van der Waals surface area (Å²) >= 11 is 0. The lowest BCUT2D eigenvalue weighted by Gasteiger charge is -2.06. The standard InChI is InChI=1S/C8H5F3N4O/c9-8(10,11)4-2-1-3-5(13-4)6(12)14-15-7(3)16/h1-2H,(H2,12,14)(H,15,16). The van der Waals surface area contributed by atoms with Gasteiger partial charge in [-0.25, -0.2) is 10.1 Å². The van der Waals surface area contributed by atoms with Crippen LogP contribution in [0.15, 0.2) is 16.9 Å². The SMILES string of the molecule is Nc1n[nH]c(=O)c2ccc(C(F)(F)F)nc12. The molecule has 0 amide bonds. The minimum atomic E-state index is -4.58. The fourth-order valence-electron chi connectivity index (χ4n) is 1.22. The molecule has 2 aromatic rings. The summed E-state index contributed by atoms with van der Waals surface area (Å²) in [6.45, 7) is 0. The second kappa shape index (κ2) is 3.19. The first kappa shape index (κ1) is 10.4. The van der Waals surface area contributed by atoms with Gasteiger partial charge in [-0.3, -0.25) is 4.79 Å². The average molecular weight is 230 g/mol. The average Bonchev–Trinajstić information content (AvgIpc) is 2.22. The third kappa shape index (κ3) is 1.58. The predicted molar refractivity (Wildman–Crippen MR) is 49.6 cm³/mol. The van der Waals surface area contributed by atoms with E-state index in [1.165, 1.54) is 0 Å². The number of hydrogen-bond acceptors (Lipinski definition) is 4. The molecule has 0 saturated carbocycles. The monoisotopic (exact) mass is 230 g/mol. The molecule has 0 radical (unpaired) electrons. The van der Waals surface area contributed by atoms with Crippen molar-refractivity contribution in [1.82, 2.24) is 15.2 Å². The van der Waals surface area contributed by atoms with Crippen molar-refractivity contribution in [2.24, 2.45) is 0 Å². The van der Waals surface area contributed by atoms with E-state index >= 15 is 0 Å². The number of nitrogens with one attached hydrogen (secondary N) is 1. The van der Waals surface area contributed by atoms with Crippen molar-refractivity contribution in [2.45, 2.75) is 6.18 Å². The molecule has 0 saturated heterocycles. The van der Waals surface area contributed by atoms with Gasteiger partial charge in [-0.15, -0.1) is 0 Å². The summed E-state index contributed by atoms with van der Waals surface area (Å²) in [4.78, 5) is 14.5. The van der Waals surface area contributed by atoms with E-state index in [1.54, 1.807) is 0 Å². The molecule has 2 heterocycles. The summed E-state index contributed by atoms with van der Waals surface area (Å²) in [5.74, 6) is -0.249. The number of rotatable bonds is 0. The second-order valence-electron chi connectivity index (χ2n) is 3.03. The van der Waals surface area contributed by atoms with Gasteiger partial charge in [0.15, 0.2) is 5.82 Å². The third-order valence-corrected chi connectivity index (χ3v) is 1.95. The number of alkyl halides is 3. The molecule has 2 rings (SSSR count). The maximum absolute atomic E-state index is 12.3. The van der Waals surface area contributed by atoms with Crippen LogP contribution in [0, 0.1) is 0 Å². The Bertz CT molecular complexity index is 604. The molecule has 0 spiro atoms. The zero-order chi connectivity index (χ0) is 11.9. The first-order valence-electron chi connectivity index (χ1n) is 4.11. The lowest BCUT2D eigenvalue weighted by atomic mass is 10.2. The Balaban J connectivity index is 2.81. The fourth-order valence-corrected chi connectivity index (χ4v) is 1.22. The van der Waals surface area contributed by atoms with Gasteiger partial charge >= 0.3 is 6.18 Å². The maximum Gasteiger partial charge on any atom is 0.433 e. The van der Waals surface area contributed by atoms with Gasteiger partial charge in [0.25, 0.3) is 5.56 Å². The van der Waals surface area contributed by atoms with Gasteiger partial charge in [0.05, 0.1) is 5.39 Å². The Morgan fingerprint density at radius 3 is 2.62 bits per heavy atom. The molecule has 84 valence electrons. The van der Waals surface area contributed by atoms with Gasteiger partial charge in [-0.2, -0.15) is 18.3 Å². The quantitative estimate of drug-likeness (QED) is 0.704. The number of anilines is 1. The highest BCUT2D eigenvalue weighted by atomic mass is 19.4. The smallest absolute Gasteiger partial charge is 0.380 e. The molecule has 0 atom stereocenters. The van der Waals surface area contributed by atoms with E-state index in [9.17, 15) is 18.0 Å². The van der Waals surface area contributed by atoms with Crippen LogP contribution in [0.2, 0.25) is 0 Å². The van der Waals surface area contributed by atoms with E-state index in [2.05, 4.69) is 10.1 Å². The topological polar surface area (TPSA) is 84.7 Å². The van der Waals surface area contributed by atoms with Gasteiger partial charge < -0.3 is 5.73 Å². The second-order valence-corrected chi connectivity index (χ2v) is 3.03. The Kier molecular flexibility index (Phi) is 2.07. The van der Waals surface area contributed by atoms with Crippen molar-refractivity contribution in [2.75, 3.05) is 5.73 Å². The normalized spacial score (nSPS) is 11.9. The minimum Gasteiger partial charge on any atom is -0.380 e. The van der Waals surface area contributed by atoms with E-state index in [1.807, 2.05) is 5.10 Å². The summed E-state index contributed by atoms with van der Waals surface area (Å²) in [5.41, 5.74) is 3.33. The summed E-state index contributed by atoms with van der Waals surface area (Å²) < 4.78 is 37.0. The van der Waals surface area contributed by atoms with Crippen molar-refractivity contribution in [1.29, 1.82) is 0 Å². The van der Waals surface area contributed by atoms with Gasteiger partial charge in [0.1, 0.15) is 11.2 Å². The number of aromatic nitrogens is 3. The van der Waals surface area contributed by atoms with E-state index < -0.39 is 17.4 Å². The number of aromatic amines is 1. The van der Waals surface area contributed by atoms with Crippen LogP contribution in [-0.4, -0.2) is 15.2 Å². The summed E-state index contributed by atoms with van der Waals surface area (Å²) in [6, 6.07) is 1.74. The number of fused-ring (bicyclic) bond motifs is 1. The highest BCUT2D eigenvalue weighted by molar-refractivity contribution is 5.85. The molecule has 0 aromatic carbocycles. The molecule has 0 unspecified atom stereocenters. The van der Waals surface area contributed by atoms with Crippen LogP contribution in [0.25, 0.3) is 10.9 Å². The van der Waals surface area contributed by atoms with Gasteiger partial charge in [0.2, 0.25) is 0 Å². The van der Waals surface area contributed by atoms with Crippen LogP contribution in [-0.2, 0) is 6.18 Å². The van der Waals surface area contributed by atoms with Crippen molar-refractivity contribution in [3.8, 4) is 0 Å². The van der Waals surface area contributed by atoms with Crippen LogP contribution in [0.5, 0.6) is 0 Å². The molecule has 0 aliphatic heterocycles. The van der Waals surface area contributed by atoms with Crippen LogP contribution in [0.1, 0.15) is 5.69 Å². The summed E-state index contributed by atoms with van der Waals surface area (Å²) in [5, 5.41) is 5.36. The van der Waals surface area contributed by atoms with Crippen molar-refractivity contribution in [3.63, 3.8) is 0 Å². The van der Waals surface area contributed by atoms with Crippen LogP contribution < -0.4 is 11.3 Å². The van der Waals surface area contributed by atoms with Gasteiger partial charge in [0, 0.05) is 0 Å². The highest BCUT2D eigenvalue weighted by Crippen LogP contribution is 2.28. The van der Waals surface area contributed by atoms with E-state index in [4.69, 9.17) is 5.73 Å². The molecule has 2 aromatic heterocycles. The van der Waals surface area contributed by atoms with Crippen LogP contribution in [0.3, 0.4) is 0 Å². The Labute approximate surface area is 86.1 Å². The van der Waals surface area contributed by atoms with E-state index in [0.717, 1.165) is 12.1 Å². The highest BCUT2D eigenvalue weighted by Gasteiger charge is 2.32. The lowest BCUT2D eigenvalue weighted by molar-refractivity contribution is -0.140. The zero-order valence-corrected chi connectivity index (χ0v) is 7.67. The Hall–Kier alpha value is -2.12. The van der Waals surface area contributed by atoms with Gasteiger partial charge in [-0.1, -0.05) is 0 Å². The van der Waals surface area contributed by atoms with E-state index in [0.29, 0.717) is 0 Å². The first-order chi connectivity index (χ1) is 7.39. The zero-order valence-electron chi connectivity index (χ0n) is 7.67. The van der Waals surface area contributed by atoms with Gasteiger partial charge in [-0.05, 0) is 12.1 Å². The third-order valence-electron chi connectivity index (χ3n) is 1.95. The molecular formula is C8H5F3N4O. The molecule has 16 heavy (non-hydrogen) atoms. The van der Waals surface area contributed by atoms with Crippen molar-refractivity contribution < 1.29 is 13.2 Å². The summed E-state index contributed by atoms with van der Waals surface area (Å²) in [7, 11) is 0. The number of hydrogen-bond donors (Lipinski definition) is 2. The number of nitrogen functional groups attached to an aromatic ring is 1. The molecule has 0 aliphatic rings. The minimum absolute atomic E-state index is 0.0273. The predicted octanol–water partition coefficient (Wildman–Crippen LogP) is 0.919.